The average molecular weight is 369 g/mol. The summed E-state index contributed by atoms with van der Waals surface area (Å²) in [6, 6.07) is 9.17. The summed E-state index contributed by atoms with van der Waals surface area (Å²) in [6.07, 6.45) is 11.8. The van der Waals surface area contributed by atoms with Gasteiger partial charge in [-0.1, -0.05) is 43.2 Å². The van der Waals surface area contributed by atoms with E-state index in [2.05, 4.69) is 41.0 Å². The highest BCUT2D eigenvalue weighted by Crippen LogP contribution is 2.34. The van der Waals surface area contributed by atoms with Gasteiger partial charge in [0.1, 0.15) is 0 Å². The second kappa shape index (κ2) is 8.57. The Morgan fingerprint density at radius 3 is 2.52 bits per heavy atom. The molecule has 1 aliphatic heterocycles. The lowest BCUT2D eigenvalue weighted by molar-refractivity contribution is -0.125. The van der Waals surface area contributed by atoms with Crippen molar-refractivity contribution in [1.82, 2.24) is 10.6 Å². The fourth-order valence-corrected chi connectivity index (χ4v) is 5.02. The molecule has 0 bridgehead atoms. The molecule has 2 aliphatic carbocycles. The summed E-state index contributed by atoms with van der Waals surface area (Å²) in [7, 11) is 0. The van der Waals surface area contributed by atoms with Gasteiger partial charge in [-0.15, -0.1) is 0 Å². The van der Waals surface area contributed by atoms with Gasteiger partial charge in [0.25, 0.3) is 0 Å². The van der Waals surface area contributed by atoms with Gasteiger partial charge in [0.05, 0.1) is 6.61 Å². The molecule has 3 aliphatic rings. The smallest absolute Gasteiger partial charge is 0.223 e. The Hall–Kier alpha value is -1.65. The highest BCUT2D eigenvalue weighted by molar-refractivity contribution is 5.78. The zero-order chi connectivity index (χ0) is 18.6. The highest BCUT2D eigenvalue weighted by atomic mass is 16.3. The highest BCUT2D eigenvalue weighted by Gasteiger charge is 2.41. The van der Waals surface area contributed by atoms with Crippen LogP contribution >= 0.6 is 0 Å². The van der Waals surface area contributed by atoms with Crippen LogP contribution in [0.15, 0.2) is 30.3 Å². The predicted octanol–water partition coefficient (Wildman–Crippen LogP) is 3.37. The Morgan fingerprint density at radius 1 is 1.07 bits per heavy atom. The van der Waals surface area contributed by atoms with Crippen molar-refractivity contribution >= 4 is 11.5 Å². The Bertz CT molecular complexity index is 676. The third-order valence-electron chi connectivity index (χ3n) is 6.67. The maximum absolute atomic E-state index is 12.3. The summed E-state index contributed by atoms with van der Waals surface area (Å²) in [5.41, 5.74) is 4.06. The number of benzene rings is 1. The third kappa shape index (κ3) is 4.12. The molecule has 4 rings (SSSR count). The number of rotatable bonds is 6. The monoisotopic (exact) mass is 368 g/mol. The van der Waals surface area contributed by atoms with Crippen molar-refractivity contribution in [2.24, 2.45) is 5.92 Å². The van der Waals surface area contributed by atoms with Crippen molar-refractivity contribution in [1.29, 1.82) is 0 Å². The largest absolute Gasteiger partial charge is 0.395 e. The molecule has 0 spiro atoms. The minimum Gasteiger partial charge on any atom is -0.395 e. The van der Waals surface area contributed by atoms with E-state index in [1.807, 2.05) is 0 Å². The van der Waals surface area contributed by atoms with Crippen LogP contribution in [0.25, 0.3) is 5.57 Å². The van der Waals surface area contributed by atoms with Crippen LogP contribution < -0.4 is 10.6 Å². The van der Waals surface area contributed by atoms with Crippen molar-refractivity contribution in [2.75, 3.05) is 13.2 Å². The fraction of sp³-hybridized carbons (Fsp3) is 0.609. The van der Waals surface area contributed by atoms with Gasteiger partial charge in [0.15, 0.2) is 0 Å². The molecule has 1 aromatic rings. The summed E-state index contributed by atoms with van der Waals surface area (Å²) in [5.74, 6) is 0.675. The first-order chi connectivity index (χ1) is 13.3. The van der Waals surface area contributed by atoms with Crippen LogP contribution in [-0.2, 0) is 4.79 Å². The summed E-state index contributed by atoms with van der Waals surface area (Å²) in [5, 5.41) is 16.3. The molecule has 0 aromatic heterocycles. The molecule has 3 atom stereocenters. The predicted molar refractivity (Wildman–Crippen MR) is 108 cm³/mol. The maximum Gasteiger partial charge on any atom is 0.223 e. The zero-order valence-electron chi connectivity index (χ0n) is 16.1. The molecular formula is C23H32N2O2. The van der Waals surface area contributed by atoms with Crippen LogP contribution in [0.4, 0.5) is 0 Å². The SMILES string of the molecule is O=C(NC[C@H]1N[C@H](CO)[C@@H]1c1ccc(C2=CCCCC2)cc1)C1CCCC1. The minimum atomic E-state index is 0.0816. The van der Waals surface area contributed by atoms with Crippen LogP contribution in [0, 0.1) is 5.92 Å². The van der Waals surface area contributed by atoms with Crippen molar-refractivity contribution in [3.63, 3.8) is 0 Å². The van der Waals surface area contributed by atoms with E-state index in [0.717, 1.165) is 12.8 Å². The summed E-state index contributed by atoms with van der Waals surface area (Å²) < 4.78 is 0. The number of nitrogens with one attached hydrogen (secondary N) is 2. The maximum atomic E-state index is 12.3. The van der Waals surface area contributed by atoms with E-state index in [0.29, 0.717) is 6.54 Å². The van der Waals surface area contributed by atoms with E-state index in [1.54, 1.807) is 0 Å². The van der Waals surface area contributed by atoms with Crippen LogP contribution in [0.1, 0.15) is 68.4 Å². The van der Waals surface area contributed by atoms with E-state index < -0.39 is 0 Å². The number of amides is 1. The quantitative estimate of drug-likeness (QED) is 0.721. The number of allylic oxidation sites excluding steroid dienone is 2. The normalized spacial score (nSPS) is 28.5. The molecule has 1 amide bonds. The lowest BCUT2D eigenvalue weighted by Crippen LogP contribution is -2.64. The van der Waals surface area contributed by atoms with Crippen molar-refractivity contribution in [2.45, 2.75) is 69.4 Å². The summed E-state index contributed by atoms with van der Waals surface area (Å²) >= 11 is 0. The van der Waals surface area contributed by atoms with E-state index in [1.165, 1.54) is 55.2 Å². The summed E-state index contributed by atoms with van der Waals surface area (Å²) in [4.78, 5) is 12.3. The van der Waals surface area contributed by atoms with Crippen LogP contribution in [-0.4, -0.2) is 36.2 Å². The number of hydrogen-bond acceptors (Lipinski definition) is 3. The van der Waals surface area contributed by atoms with Crippen molar-refractivity contribution in [3.8, 4) is 0 Å². The van der Waals surface area contributed by atoms with Crippen molar-refractivity contribution in [3.05, 3.63) is 41.5 Å². The lowest BCUT2D eigenvalue weighted by Gasteiger charge is -2.46. The van der Waals surface area contributed by atoms with Crippen molar-refractivity contribution < 1.29 is 9.90 Å². The van der Waals surface area contributed by atoms with Crippen LogP contribution in [0.5, 0.6) is 0 Å². The third-order valence-corrected chi connectivity index (χ3v) is 6.67. The molecule has 1 saturated heterocycles. The number of aliphatic hydroxyl groups excluding tert-OH is 1. The Balaban J connectivity index is 1.38. The first kappa shape index (κ1) is 18.7. The number of hydrogen-bond donors (Lipinski definition) is 3. The standard InChI is InChI=1S/C23H32N2O2/c26-15-21-22(20(25-21)14-24-23(27)19-8-4-5-9-19)18-12-10-17(11-13-18)16-6-2-1-3-7-16/h6,10-13,19-22,25-26H,1-5,7-9,14-15H2,(H,24,27)/t20-,21-,22-/m1/s1. The summed E-state index contributed by atoms with van der Waals surface area (Å²) in [6.45, 7) is 0.772. The van der Waals surface area contributed by atoms with Gasteiger partial charge in [-0.2, -0.15) is 0 Å². The fourth-order valence-electron chi connectivity index (χ4n) is 5.02. The Kier molecular flexibility index (Phi) is 5.94. The van der Waals surface area contributed by atoms with Gasteiger partial charge in [-0.25, -0.2) is 0 Å². The van der Waals surface area contributed by atoms with Gasteiger partial charge in [-0.05, 0) is 55.2 Å². The number of carbonyl (C=O) groups excluding carboxylic acids is 1. The Labute approximate surface area is 162 Å². The molecule has 4 nitrogen and oxygen atoms in total. The second-order valence-corrected chi connectivity index (χ2v) is 8.41. The molecule has 3 N–H and O–H groups in total. The minimum absolute atomic E-state index is 0.0816. The molecule has 1 aromatic carbocycles. The number of aliphatic hydroxyl groups is 1. The van der Waals surface area contributed by atoms with E-state index in [4.69, 9.17) is 0 Å². The van der Waals surface area contributed by atoms with Gasteiger partial charge < -0.3 is 15.7 Å². The molecular weight excluding hydrogens is 336 g/mol. The zero-order valence-corrected chi connectivity index (χ0v) is 16.1. The molecule has 0 radical (unpaired) electrons. The Morgan fingerprint density at radius 2 is 1.85 bits per heavy atom. The van der Waals surface area contributed by atoms with Crippen LogP contribution in [0.3, 0.4) is 0 Å². The van der Waals surface area contributed by atoms with E-state index in [-0.39, 0.29) is 36.4 Å². The molecule has 0 unspecified atom stereocenters. The topological polar surface area (TPSA) is 61.4 Å². The first-order valence-corrected chi connectivity index (χ1v) is 10.7. The molecule has 4 heteroatoms. The van der Waals surface area contributed by atoms with E-state index >= 15 is 0 Å². The van der Waals surface area contributed by atoms with Gasteiger partial charge in [0.2, 0.25) is 5.91 Å². The van der Waals surface area contributed by atoms with E-state index in [9.17, 15) is 9.90 Å². The molecule has 146 valence electrons. The molecule has 27 heavy (non-hydrogen) atoms. The van der Waals surface area contributed by atoms with Gasteiger partial charge in [0, 0.05) is 30.5 Å². The second-order valence-electron chi connectivity index (χ2n) is 8.41. The lowest BCUT2D eigenvalue weighted by atomic mass is 9.77. The molecule has 2 fully saturated rings. The molecule has 1 heterocycles. The average Bonchev–Trinajstić information content (AvgIpc) is 3.23. The molecule has 1 saturated carbocycles. The van der Waals surface area contributed by atoms with Gasteiger partial charge >= 0.3 is 0 Å². The number of carbonyl (C=O) groups is 1. The first-order valence-electron chi connectivity index (χ1n) is 10.7. The van der Waals surface area contributed by atoms with Crippen LogP contribution in [0.2, 0.25) is 0 Å². The van der Waals surface area contributed by atoms with Gasteiger partial charge in [-0.3, -0.25) is 4.79 Å².